The molecule has 2 aliphatic rings. The molecule has 0 aromatic rings. The third kappa shape index (κ3) is 2.27. The minimum Gasteiger partial charge on any atom is -0.329 e. The van der Waals surface area contributed by atoms with E-state index in [-0.39, 0.29) is 5.54 Å². The van der Waals surface area contributed by atoms with Crippen molar-refractivity contribution in [2.75, 3.05) is 19.6 Å². The van der Waals surface area contributed by atoms with E-state index in [1.54, 1.807) is 0 Å². The molecule has 82 valence electrons. The van der Waals surface area contributed by atoms with Crippen molar-refractivity contribution in [3.05, 3.63) is 0 Å². The lowest BCUT2D eigenvalue weighted by atomic mass is 9.97. The van der Waals surface area contributed by atoms with Crippen LogP contribution in [-0.2, 0) is 0 Å². The molecule has 3 N–H and O–H groups in total. The molecule has 0 radical (unpaired) electrons. The van der Waals surface area contributed by atoms with Gasteiger partial charge in [0, 0.05) is 25.2 Å². The van der Waals surface area contributed by atoms with Crippen LogP contribution in [0.25, 0.3) is 0 Å². The Kier molecular flexibility index (Phi) is 3.10. The number of rotatable bonds is 4. The van der Waals surface area contributed by atoms with Crippen molar-refractivity contribution in [2.24, 2.45) is 11.7 Å². The summed E-state index contributed by atoms with van der Waals surface area (Å²) < 4.78 is 0. The molecule has 1 atom stereocenters. The van der Waals surface area contributed by atoms with Gasteiger partial charge in [-0.2, -0.15) is 0 Å². The van der Waals surface area contributed by atoms with Crippen LogP contribution in [0.1, 0.15) is 39.0 Å². The van der Waals surface area contributed by atoms with Crippen LogP contribution in [0.3, 0.4) is 0 Å². The lowest BCUT2D eigenvalue weighted by molar-refractivity contribution is 0.0803. The van der Waals surface area contributed by atoms with Gasteiger partial charge in [0.2, 0.25) is 0 Å². The van der Waals surface area contributed by atoms with E-state index in [1.807, 2.05) is 0 Å². The molecule has 3 heteroatoms. The van der Waals surface area contributed by atoms with Gasteiger partial charge in [-0.25, -0.2) is 10.4 Å². The summed E-state index contributed by atoms with van der Waals surface area (Å²) in [6.07, 6.45) is 6.76. The highest BCUT2D eigenvalue weighted by atomic mass is 15.5. The molecule has 2 rings (SSSR count). The Balaban J connectivity index is 1.86. The van der Waals surface area contributed by atoms with Gasteiger partial charge < -0.3 is 5.73 Å². The summed E-state index contributed by atoms with van der Waals surface area (Å²) in [5, 5.41) is 2.38. The predicted molar refractivity (Wildman–Crippen MR) is 58.7 cm³/mol. The van der Waals surface area contributed by atoms with E-state index in [2.05, 4.69) is 17.4 Å². The predicted octanol–water partition coefficient (Wildman–Crippen LogP) is 1.10. The lowest BCUT2D eigenvalue weighted by Crippen LogP contribution is -2.59. The zero-order valence-corrected chi connectivity index (χ0v) is 9.26. The molecule has 1 saturated carbocycles. The van der Waals surface area contributed by atoms with Crippen molar-refractivity contribution in [1.29, 1.82) is 0 Å². The highest BCUT2D eigenvalue weighted by molar-refractivity contribution is 4.98. The zero-order chi connectivity index (χ0) is 10.0. The van der Waals surface area contributed by atoms with Gasteiger partial charge in [0.05, 0.1) is 0 Å². The van der Waals surface area contributed by atoms with Crippen LogP contribution in [0.5, 0.6) is 0 Å². The first kappa shape index (κ1) is 10.4. The lowest BCUT2D eigenvalue weighted by Gasteiger charge is -2.38. The van der Waals surface area contributed by atoms with Crippen LogP contribution in [0.15, 0.2) is 0 Å². The molecule has 1 heterocycles. The smallest absolute Gasteiger partial charge is 0.0448 e. The molecule has 1 unspecified atom stereocenters. The number of hydrogen-bond donors (Lipinski definition) is 2. The molecule has 0 bridgehead atoms. The quantitative estimate of drug-likeness (QED) is 0.709. The molecule has 0 spiro atoms. The molecular weight excluding hydrogens is 174 g/mol. The van der Waals surface area contributed by atoms with Crippen molar-refractivity contribution < 1.29 is 0 Å². The van der Waals surface area contributed by atoms with Crippen molar-refractivity contribution in [1.82, 2.24) is 10.4 Å². The second-order valence-electron chi connectivity index (χ2n) is 5.06. The summed E-state index contributed by atoms with van der Waals surface area (Å²) in [7, 11) is 0. The number of nitrogens with zero attached hydrogens (tertiary/aromatic N) is 1. The summed E-state index contributed by atoms with van der Waals surface area (Å²) in [5.74, 6) is 0.814. The van der Waals surface area contributed by atoms with Crippen molar-refractivity contribution in [3.8, 4) is 0 Å². The van der Waals surface area contributed by atoms with E-state index in [0.717, 1.165) is 12.5 Å². The molecule has 0 aromatic heterocycles. The first-order valence-electron chi connectivity index (χ1n) is 5.97. The maximum absolute atomic E-state index is 5.88. The zero-order valence-electron chi connectivity index (χ0n) is 9.26. The van der Waals surface area contributed by atoms with Gasteiger partial charge in [-0.1, -0.05) is 6.42 Å². The minimum atomic E-state index is 0.164. The van der Waals surface area contributed by atoms with Crippen LogP contribution >= 0.6 is 0 Å². The van der Waals surface area contributed by atoms with E-state index in [9.17, 15) is 0 Å². The summed E-state index contributed by atoms with van der Waals surface area (Å²) in [5.41, 5.74) is 9.69. The van der Waals surface area contributed by atoms with Crippen molar-refractivity contribution in [3.63, 3.8) is 0 Å². The molecule has 1 saturated heterocycles. The third-order valence-corrected chi connectivity index (χ3v) is 3.67. The van der Waals surface area contributed by atoms with Crippen molar-refractivity contribution >= 4 is 0 Å². The van der Waals surface area contributed by atoms with E-state index in [0.29, 0.717) is 0 Å². The van der Waals surface area contributed by atoms with Gasteiger partial charge in [-0.3, -0.25) is 0 Å². The maximum atomic E-state index is 5.88. The number of hydrazine groups is 1. The number of piperidine rings is 1. The number of nitrogens with one attached hydrogen (secondary N) is 1. The normalized spacial score (nSPS) is 28.7. The SMILES string of the molecule is CC(CN)(NN1CCCCC1)C1CC1. The number of nitrogens with two attached hydrogens (primary N) is 1. The van der Waals surface area contributed by atoms with E-state index < -0.39 is 0 Å². The molecule has 1 aliphatic carbocycles. The topological polar surface area (TPSA) is 41.3 Å². The van der Waals surface area contributed by atoms with Crippen LogP contribution in [0, 0.1) is 5.92 Å². The largest absolute Gasteiger partial charge is 0.329 e. The Morgan fingerprint density at radius 3 is 2.43 bits per heavy atom. The average molecular weight is 197 g/mol. The highest BCUT2D eigenvalue weighted by Crippen LogP contribution is 2.39. The minimum absolute atomic E-state index is 0.164. The average Bonchev–Trinajstić information content (AvgIpc) is 3.03. The van der Waals surface area contributed by atoms with Crippen LogP contribution < -0.4 is 11.2 Å². The van der Waals surface area contributed by atoms with Crippen LogP contribution in [-0.4, -0.2) is 30.2 Å². The fraction of sp³-hybridized carbons (Fsp3) is 1.00. The maximum Gasteiger partial charge on any atom is 0.0448 e. The van der Waals surface area contributed by atoms with Gasteiger partial charge in [-0.05, 0) is 38.5 Å². The van der Waals surface area contributed by atoms with Gasteiger partial charge in [-0.15, -0.1) is 0 Å². The Labute approximate surface area is 87.0 Å². The summed E-state index contributed by atoms with van der Waals surface area (Å²) >= 11 is 0. The molecule has 0 amide bonds. The van der Waals surface area contributed by atoms with E-state index in [4.69, 9.17) is 5.73 Å². The Morgan fingerprint density at radius 1 is 1.29 bits per heavy atom. The van der Waals surface area contributed by atoms with Gasteiger partial charge >= 0.3 is 0 Å². The fourth-order valence-corrected chi connectivity index (χ4v) is 2.39. The summed E-state index contributed by atoms with van der Waals surface area (Å²) in [6, 6.07) is 0. The number of hydrogen-bond acceptors (Lipinski definition) is 3. The molecule has 3 nitrogen and oxygen atoms in total. The second kappa shape index (κ2) is 4.17. The monoisotopic (exact) mass is 197 g/mol. The molecule has 1 aliphatic heterocycles. The van der Waals surface area contributed by atoms with Gasteiger partial charge in [0.25, 0.3) is 0 Å². The first-order valence-corrected chi connectivity index (χ1v) is 5.97. The third-order valence-electron chi connectivity index (χ3n) is 3.67. The van der Waals surface area contributed by atoms with E-state index >= 15 is 0 Å². The van der Waals surface area contributed by atoms with Crippen LogP contribution in [0.4, 0.5) is 0 Å². The molecular formula is C11H23N3. The van der Waals surface area contributed by atoms with Gasteiger partial charge in [0.1, 0.15) is 0 Å². The fourth-order valence-electron chi connectivity index (χ4n) is 2.39. The Hall–Kier alpha value is -0.120. The second-order valence-corrected chi connectivity index (χ2v) is 5.06. The summed E-state index contributed by atoms with van der Waals surface area (Å²) in [6.45, 7) is 5.43. The van der Waals surface area contributed by atoms with E-state index in [1.165, 1.54) is 45.2 Å². The Bertz CT molecular complexity index is 185. The molecule has 14 heavy (non-hydrogen) atoms. The van der Waals surface area contributed by atoms with Crippen LogP contribution in [0.2, 0.25) is 0 Å². The molecule has 2 fully saturated rings. The highest BCUT2D eigenvalue weighted by Gasteiger charge is 2.41. The Morgan fingerprint density at radius 2 is 1.93 bits per heavy atom. The standard InChI is InChI=1S/C11H23N3/c1-11(9-12,10-5-6-10)13-14-7-3-2-4-8-14/h10,13H,2-9,12H2,1H3. The first-order chi connectivity index (χ1) is 6.74. The summed E-state index contributed by atoms with van der Waals surface area (Å²) in [4.78, 5) is 0. The van der Waals surface area contributed by atoms with Gasteiger partial charge in [0.15, 0.2) is 0 Å². The van der Waals surface area contributed by atoms with Crippen molar-refractivity contribution in [2.45, 2.75) is 44.6 Å². The molecule has 0 aromatic carbocycles.